The van der Waals surface area contributed by atoms with Gasteiger partial charge in [-0.15, -0.1) is 0 Å². The van der Waals surface area contributed by atoms with E-state index in [1.165, 1.54) is 12.1 Å². The van der Waals surface area contributed by atoms with E-state index in [-0.39, 0.29) is 43.8 Å². The lowest BCUT2D eigenvalue weighted by Gasteiger charge is -2.23. The van der Waals surface area contributed by atoms with Crippen LogP contribution in [0.15, 0.2) is 48.5 Å². The molecule has 0 radical (unpaired) electrons. The highest BCUT2D eigenvalue weighted by Crippen LogP contribution is 2.29. The molecule has 6 heteroatoms. The van der Waals surface area contributed by atoms with Gasteiger partial charge in [0.1, 0.15) is 11.6 Å². The summed E-state index contributed by atoms with van der Waals surface area (Å²) >= 11 is 0. The van der Waals surface area contributed by atoms with E-state index in [2.05, 4.69) is 5.32 Å². The number of nitrogens with one attached hydrogen (secondary N) is 1. The van der Waals surface area contributed by atoms with E-state index in [9.17, 15) is 18.4 Å². The Morgan fingerprint density at radius 2 is 1.81 bits per heavy atom. The number of nitrogens with zero attached hydrogens (tertiary/aromatic N) is 1. The Morgan fingerprint density at radius 1 is 1.07 bits per heavy atom. The summed E-state index contributed by atoms with van der Waals surface area (Å²) in [6, 6.07) is 12.9. The summed E-state index contributed by atoms with van der Waals surface area (Å²) < 4.78 is 26.9. The number of halogens is 2. The minimum absolute atomic E-state index is 0.0990. The molecule has 0 atom stereocenters. The fourth-order valence-electron chi connectivity index (χ4n) is 2.94. The second kappa shape index (κ2) is 8.75. The molecule has 0 aliphatic heterocycles. The first-order chi connectivity index (χ1) is 13.0. The van der Waals surface area contributed by atoms with Gasteiger partial charge in [0.15, 0.2) is 0 Å². The van der Waals surface area contributed by atoms with Gasteiger partial charge >= 0.3 is 0 Å². The Labute approximate surface area is 157 Å². The van der Waals surface area contributed by atoms with Gasteiger partial charge < -0.3 is 10.2 Å². The minimum Gasteiger partial charge on any atom is -0.355 e. The molecule has 0 heterocycles. The average molecular weight is 372 g/mol. The van der Waals surface area contributed by atoms with Crippen LogP contribution in [-0.2, 0) is 22.6 Å². The highest BCUT2D eigenvalue weighted by Gasteiger charge is 2.32. The molecule has 4 nitrogen and oxygen atoms in total. The van der Waals surface area contributed by atoms with Crippen molar-refractivity contribution in [3.05, 3.63) is 71.3 Å². The van der Waals surface area contributed by atoms with E-state index >= 15 is 0 Å². The lowest BCUT2D eigenvalue weighted by molar-refractivity contribution is -0.132. The van der Waals surface area contributed by atoms with Gasteiger partial charge in [-0.05, 0) is 24.5 Å². The molecule has 0 aromatic heterocycles. The second-order valence-electron chi connectivity index (χ2n) is 6.75. The smallest absolute Gasteiger partial charge is 0.224 e. The van der Waals surface area contributed by atoms with Crippen LogP contribution < -0.4 is 5.32 Å². The maximum atomic E-state index is 13.9. The molecule has 2 aromatic rings. The van der Waals surface area contributed by atoms with Crippen LogP contribution in [0.2, 0.25) is 0 Å². The van der Waals surface area contributed by atoms with Crippen molar-refractivity contribution >= 4 is 11.8 Å². The Morgan fingerprint density at radius 3 is 2.48 bits per heavy atom. The normalized spacial score (nSPS) is 13.3. The first kappa shape index (κ1) is 19.0. The molecule has 1 saturated carbocycles. The van der Waals surface area contributed by atoms with Crippen LogP contribution in [0.1, 0.15) is 30.4 Å². The van der Waals surface area contributed by atoms with Gasteiger partial charge in [-0.3, -0.25) is 9.59 Å². The lowest BCUT2D eigenvalue weighted by atomic mass is 10.1. The largest absolute Gasteiger partial charge is 0.355 e. The van der Waals surface area contributed by atoms with Crippen LogP contribution in [-0.4, -0.2) is 29.3 Å². The van der Waals surface area contributed by atoms with E-state index in [0.717, 1.165) is 24.5 Å². The van der Waals surface area contributed by atoms with Gasteiger partial charge in [-0.1, -0.05) is 36.4 Å². The molecule has 2 aromatic carbocycles. The summed E-state index contributed by atoms with van der Waals surface area (Å²) in [6.07, 6.45) is 2.19. The predicted octanol–water partition coefficient (Wildman–Crippen LogP) is 3.20. The van der Waals surface area contributed by atoms with E-state index in [0.29, 0.717) is 5.56 Å². The molecule has 1 fully saturated rings. The standard InChI is InChI=1S/C21H22F2N2O2/c22-17-7-6-16(19(23)13-17)14-25(18-8-9-18)21(27)10-11-24-20(26)12-15-4-2-1-3-5-15/h1-7,13,18H,8-12,14H2,(H,24,26). The van der Waals surface area contributed by atoms with Gasteiger partial charge in [-0.2, -0.15) is 0 Å². The van der Waals surface area contributed by atoms with Crippen LogP contribution in [0.4, 0.5) is 8.78 Å². The first-order valence-electron chi connectivity index (χ1n) is 9.07. The summed E-state index contributed by atoms with van der Waals surface area (Å²) in [4.78, 5) is 26.1. The first-order valence-corrected chi connectivity index (χ1v) is 9.07. The van der Waals surface area contributed by atoms with Crippen molar-refractivity contribution in [3.63, 3.8) is 0 Å². The zero-order chi connectivity index (χ0) is 19.2. The molecule has 1 aliphatic carbocycles. The average Bonchev–Trinajstić information content (AvgIpc) is 3.46. The topological polar surface area (TPSA) is 49.4 Å². The summed E-state index contributed by atoms with van der Waals surface area (Å²) in [5, 5.41) is 2.75. The molecule has 0 bridgehead atoms. The third-order valence-corrected chi connectivity index (χ3v) is 4.53. The number of hydrogen-bond acceptors (Lipinski definition) is 2. The van der Waals surface area contributed by atoms with E-state index < -0.39 is 11.6 Å². The van der Waals surface area contributed by atoms with Crippen molar-refractivity contribution < 1.29 is 18.4 Å². The number of carbonyl (C=O) groups excluding carboxylic acids is 2. The maximum Gasteiger partial charge on any atom is 0.224 e. The molecule has 27 heavy (non-hydrogen) atoms. The molecule has 2 amide bonds. The van der Waals surface area contributed by atoms with Crippen LogP contribution >= 0.6 is 0 Å². The highest BCUT2D eigenvalue weighted by atomic mass is 19.1. The van der Waals surface area contributed by atoms with Gasteiger partial charge in [-0.25, -0.2) is 8.78 Å². The number of rotatable bonds is 8. The third-order valence-electron chi connectivity index (χ3n) is 4.53. The van der Waals surface area contributed by atoms with Crippen molar-refractivity contribution in [2.45, 2.75) is 38.3 Å². The van der Waals surface area contributed by atoms with E-state index in [4.69, 9.17) is 0 Å². The quantitative estimate of drug-likeness (QED) is 0.774. The van der Waals surface area contributed by atoms with Crippen molar-refractivity contribution in [1.82, 2.24) is 10.2 Å². The number of carbonyl (C=O) groups is 2. The maximum absolute atomic E-state index is 13.9. The third kappa shape index (κ3) is 5.61. The van der Waals surface area contributed by atoms with Crippen LogP contribution in [0.25, 0.3) is 0 Å². The van der Waals surface area contributed by atoms with Crippen molar-refractivity contribution in [2.75, 3.05) is 6.54 Å². The van der Waals surface area contributed by atoms with Gasteiger partial charge in [0.2, 0.25) is 11.8 Å². The molecule has 3 rings (SSSR count). The van der Waals surface area contributed by atoms with Gasteiger partial charge in [0.25, 0.3) is 0 Å². The van der Waals surface area contributed by atoms with Crippen LogP contribution in [0.5, 0.6) is 0 Å². The summed E-state index contributed by atoms with van der Waals surface area (Å²) in [5.74, 6) is -1.57. The van der Waals surface area contributed by atoms with Crippen molar-refractivity contribution in [3.8, 4) is 0 Å². The Kier molecular flexibility index (Phi) is 6.16. The molecule has 0 saturated heterocycles. The molecular formula is C21H22F2N2O2. The fraction of sp³-hybridized carbons (Fsp3) is 0.333. The van der Waals surface area contributed by atoms with Crippen LogP contribution in [0, 0.1) is 11.6 Å². The number of benzene rings is 2. The summed E-state index contributed by atoms with van der Waals surface area (Å²) in [6.45, 7) is 0.354. The zero-order valence-electron chi connectivity index (χ0n) is 15.0. The Hall–Kier alpha value is -2.76. The summed E-state index contributed by atoms with van der Waals surface area (Å²) in [5.41, 5.74) is 1.21. The molecule has 1 aliphatic rings. The van der Waals surface area contributed by atoms with Crippen LogP contribution in [0.3, 0.4) is 0 Å². The Balaban J connectivity index is 1.49. The molecule has 1 N–H and O–H groups in total. The SMILES string of the molecule is O=C(Cc1ccccc1)NCCC(=O)N(Cc1ccc(F)cc1F)C1CC1. The highest BCUT2D eigenvalue weighted by molar-refractivity contribution is 5.80. The van der Waals surface area contributed by atoms with Crippen molar-refractivity contribution in [2.24, 2.45) is 0 Å². The molecule has 0 unspecified atom stereocenters. The summed E-state index contributed by atoms with van der Waals surface area (Å²) in [7, 11) is 0. The second-order valence-corrected chi connectivity index (χ2v) is 6.75. The Bertz CT molecular complexity index is 807. The number of amides is 2. The van der Waals surface area contributed by atoms with E-state index in [1.54, 1.807) is 4.90 Å². The fourth-order valence-corrected chi connectivity index (χ4v) is 2.94. The van der Waals surface area contributed by atoms with Crippen molar-refractivity contribution in [1.29, 1.82) is 0 Å². The molecular weight excluding hydrogens is 350 g/mol. The lowest BCUT2D eigenvalue weighted by Crippen LogP contribution is -2.36. The van der Waals surface area contributed by atoms with Gasteiger partial charge in [0.05, 0.1) is 6.42 Å². The zero-order valence-corrected chi connectivity index (χ0v) is 15.0. The monoisotopic (exact) mass is 372 g/mol. The predicted molar refractivity (Wildman–Crippen MR) is 97.7 cm³/mol. The molecule has 142 valence electrons. The minimum atomic E-state index is -0.649. The van der Waals surface area contributed by atoms with E-state index in [1.807, 2.05) is 30.3 Å². The molecule has 0 spiro atoms. The van der Waals surface area contributed by atoms with Gasteiger partial charge in [0, 0.05) is 37.2 Å². The number of hydrogen-bond donors (Lipinski definition) is 1.